The smallest absolute Gasteiger partial charge is 0.386 e. The maximum Gasteiger partial charge on any atom is 0.386 e. The van der Waals surface area contributed by atoms with Crippen LogP contribution >= 0.6 is 37.9 Å². The van der Waals surface area contributed by atoms with Crippen LogP contribution in [-0.2, 0) is 27.4 Å². The first-order valence-electron chi connectivity index (χ1n) is 12.6. The molecule has 6 N–H and O–H groups in total. The molecule has 230 valence electrons. The molecule has 2 bridgehead atoms. The average molecular weight is 677 g/mol. The normalized spacial score (nSPS) is 38.3. The highest BCUT2D eigenvalue weighted by Crippen LogP contribution is 2.67. The lowest BCUT2D eigenvalue weighted by Crippen LogP contribution is -2.35. The van der Waals surface area contributed by atoms with Crippen LogP contribution in [0.15, 0.2) is 23.8 Å². The number of ether oxygens (including phenoxy) is 1. The van der Waals surface area contributed by atoms with Crippen molar-refractivity contribution in [3.8, 4) is 0 Å². The number of nitrogens with one attached hydrogen (secondary N) is 1. The van der Waals surface area contributed by atoms with Crippen LogP contribution in [0.4, 0.5) is 16.2 Å². The number of fused-ring (bicyclic) bond motifs is 5. The van der Waals surface area contributed by atoms with E-state index < -0.39 is 74.1 Å². The Morgan fingerprint density at radius 1 is 1.05 bits per heavy atom. The Balaban J connectivity index is 1.26. The van der Waals surface area contributed by atoms with Gasteiger partial charge in [-0.3, -0.25) is 28.0 Å². The van der Waals surface area contributed by atoms with E-state index in [2.05, 4.69) is 54.4 Å². The number of thiol groups is 2. The number of nitrogen functional groups attached to an aromatic ring is 2. The van der Waals surface area contributed by atoms with Crippen LogP contribution in [0.3, 0.4) is 0 Å². The zero-order valence-corrected chi connectivity index (χ0v) is 25.1. The number of alkyl halides is 1. The summed E-state index contributed by atoms with van der Waals surface area (Å²) in [5, 5.41) is 11.3. The predicted octanol–water partition coefficient (Wildman–Crippen LogP) is 0.995. The third-order valence-electron chi connectivity index (χ3n) is 7.65. The first kappa shape index (κ1) is 29.1. The number of hydrogen-bond donors (Lipinski definition) is 6. The van der Waals surface area contributed by atoms with E-state index in [-0.39, 0.29) is 40.5 Å². The van der Waals surface area contributed by atoms with Crippen molar-refractivity contribution >= 4 is 72.0 Å². The van der Waals surface area contributed by atoms with E-state index in [4.69, 9.17) is 29.8 Å². The molecule has 3 fully saturated rings. The van der Waals surface area contributed by atoms with Crippen LogP contribution in [0.2, 0.25) is 0 Å². The minimum atomic E-state index is -4.31. The molecule has 7 rings (SSSR count). The number of nitrogens with zero attached hydrogens (tertiary/aromatic N) is 7. The SMILES string of the molecule is Nc1nc2c(ncn2[C@@H]2C[C@@H]3OP(=O)(S)[C@H]4[C@@H](F)[C@H](n5cnc6c(N)ncnc65)O[C@@H]4COP(=O)(S)O[C@@H]2[C@@H]3O)c(=O)[nH]1. The second kappa shape index (κ2) is 10.2. The first-order valence-corrected chi connectivity index (χ1v) is 18.2. The standard InChI is InChI=1S/C20H23FN10O8P2S2/c21-9-14-8(37-19(9)31-5-26-10-15(22)24-3-25-16(10)31)2-36-41(35,43)39-13-6(1-7(12(13)32)38-40(14,34)42)30-4-27-11-17(30)28-20(23)29-18(11)33/h3-9,12-14,19,32H,1-2H2,(H,34,42)(H,35,43)(H2,22,24,25)(H3,23,28,29,33)/t6-,7+,8-,9-,12-,13+,14-,19-,40?,41?/m1/s1. The fourth-order valence-corrected chi connectivity index (χ4v) is 10.3. The van der Waals surface area contributed by atoms with Crippen molar-refractivity contribution in [2.45, 2.75) is 54.9 Å². The van der Waals surface area contributed by atoms with Crippen LogP contribution in [-0.4, -0.2) is 87.0 Å². The highest BCUT2D eigenvalue weighted by molar-refractivity contribution is 8.46. The number of aromatic nitrogens is 8. The Kier molecular flexibility index (Phi) is 6.92. The van der Waals surface area contributed by atoms with Gasteiger partial charge in [-0.05, 0) is 0 Å². The number of aromatic amines is 1. The molecule has 1 saturated carbocycles. The summed E-state index contributed by atoms with van der Waals surface area (Å²) in [4.78, 5) is 34.9. The number of aliphatic hydroxyl groups is 1. The summed E-state index contributed by atoms with van der Waals surface area (Å²) < 4.78 is 69.4. The minimum absolute atomic E-state index is 0.0386. The lowest BCUT2D eigenvalue weighted by atomic mass is 10.2. The third kappa shape index (κ3) is 4.77. The van der Waals surface area contributed by atoms with E-state index in [1.54, 1.807) is 0 Å². The second-order valence-corrected chi connectivity index (χ2v) is 16.7. The summed E-state index contributed by atoms with van der Waals surface area (Å²) in [6.07, 6.45) is -5.48. The second-order valence-electron chi connectivity index (χ2n) is 10.2. The highest BCUT2D eigenvalue weighted by Gasteiger charge is 2.59. The summed E-state index contributed by atoms with van der Waals surface area (Å²) in [7, 11) is 0. The van der Waals surface area contributed by atoms with E-state index in [0.29, 0.717) is 0 Å². The van der Waals surface area contributed by atoms with Crippen molar-refractivity contribution in [1.82, 2.24) is 39.0 Å². The van der Waals surface area contributed by atoms with Crippen LogP contribution < -0.4 is 17.0 Å². The summed E-state index contributed by atoms with van der Waals surface area (Å²) in [5.41, 5.74) is 9.71. The third-order valence-corrected chi connectivity index (χ3v) is 12.3. The average Bonchev–Trinajstić information content (AvgIpc) is 3.68. The first-order chi connectivity index (χ1) is 20.3. The van der Waals surface area contributed by atoms with Gasteiger partial charge >= 0.3 is 6.80 Å². The maximum atomic E-state index is 16.3. The fraction of sp³-hybridized carbons (Fsp3) is 0.500. The number of imidazole rings is 2. The van der Waals surface area contributed by atoms with E-state index in [1.807, 2.05) is 0 Å². The molecule has 2 saturated heterocycles. The van der Waals surface area contributed by atoms with Gasteiger partial charge in [0.05, 0.1) is 37.5 Å². The molecular weight excluding hydrogens is 653 g/mol. The molecule has 0 spiro atoms. The maximum absolute atomic E-state index is 16.3. The number of H-pyrrole nitrogens is 1. The Labute approximate surface area is 250 Å². The van der Waals surface area contributed by atoms with Gasteiger partial charge in [-0.15, -0.1) is 0 Å². The van der Waals surface area contributed by atoms with Crippen LogP contribution in [0.5, 0.6) is 0 Å². The van der Waals surface area contributed by atoms with Gasteiger partial charge in [0.2, 0.25) is 5.95 Å². The van der Waals surface area contributed by atoms with Gasteiger partial charge in [0.1, 0.15) is 29.7 Å². The molecule has 0 aromatic carbocycles. The number of halogens is 1. The highest BCUT2D eigenvalue weighted by atomic mass is 32.7. The molecule has 2 unspecified atom stereocenters. The molecule has 18 nitrogen and oxygen atoms in total. The molecular formula is C20H23FN10O8P2S2. The fourth-order valence-electron chi connectivity index (χ4n) is 5.77. The van der Waals surface area contributed by atoms with Gasteiger partial charge in [0.15, 0.2) is 35.0 Å². The minimum Gasteiger partial charge on any atom is -0.388 e. The number of rotatable bonds is 2. The quantitative estimate of drug-likeness (QED) is 0.128. The monoisotopic (exact) mass is 676 g/mol. The summed E-state index contributed by atoms with van der Waals surface area (Å²) in [6, 6.07) is -0.942. The Morgan fingerprint density at radius 2 is 1.79 bits per heavy atom. The summed E-state index contributed by atoms with van der Waals surface area (Å²) in [6.45, 7) is -9.21. The number of nitrogens with two attached hydrogens (primary N) is 2. The molecule has 3 aliphatic rings. The van der Waals surface area contributed by atoms with Gasteiger partial charge < -0.3 is 30.4 Å². The molecule has 1 aliphatic carbocycles. The van der Waals surface area contributed by atoms with Crippen LogP contribution in [0.1, 0.15) is 18.7 Å². The van der Waals surface area contributed by atoms with Gasteiger partial charge in [-0.25, -0.2) is 28.9 Å². The lowest BCUT2D eigenvalue weighted by molar-refractivity contribution is -0.0358. The van der Waals surface area contributed by atoms with Crippen molar-refractivity contribution in [2.24, 2.45) is 0 Å². The van der Waals surface area contributed by atoms with Crippen molar-refractivity contribution in [1.29, 1.82) is 0 Å². The molecule has 0 radical (unpaired) electrons. The predicted molar refractivity (Wildman–Crippen MR) is 153 cm³/mol. The number of hydrogen-bond acceptors (Lipinski definition) is 15. The largest absolute Gasteiger partial charge is 0.388 e. The number of aliphatic hydroxyl groups excluding tert-OH is 1. The Morgan fingerprint density at radius 3 is 2.58 bits per heavy atom. The molecule has 43 heavy (non-hydrogen) atoms. The van der Waals surface area contributed by atoms with Crippen LogP contribution in [0.25, 0.3) is 22.3 Å². The zero-order valence-electron chi connectivity index (χ0n) is 21.5. The Bertz CT molecular complexity index is 1910. The number of anilines is 2. The van der Waals surface area contributed by atoms with Gasteiger partial charge in [-0.1, -0.05) is 24.5 Å². The molecule has 23 heteroatoms. The molecule has 4 aromatic heterocycles. The summed E-state index contributed by atoms with van der Waals surface area (Å²) >= 11 is 8.34. The van der Waals surface area contributed by atoms with E-state index in [0.717, 1.165) is 0 Å². The van der Waals surface area contributed by atoms with E-state index in [9.17, 15) is 19.0 Å². The lowest BCUT2D eigenvalue weighted by Gasteiger charge is -2.28. The van der Waals surface area contributed by atoms with Crippen LogP contribution in [0, 0.1) is 0 Å². The van der Waals surface area contributed by atoms with Crippen molar-refractivity contribution in [2.75, 3.05) is 18.1 Å². The van der Waals surface area contributed by atoms with Crippen molar-refractivity contribution < 1.29 is 36.9 Å². The van der Waals surface area contributed by atoms with E-state index in [1.165, 1.54) is 28.1 Å². The molecule has 4 aromatic rings. The topological polar surface area (TPSA) is 250 Å². The molecule has 6 heterocycles. The van der Waals surface area contributed by atoms with E-state index >= 15 is 4.39 Å². The Hall–Kier alpha value is -2.61. The molecule has 0 amide bonds. The molecule has 10 atom stereocenters. The van der Waals surface area contributed by atoms with Crippen molar-refractivity contribution in [3.63, 3.8) is 0 Å². The van der Waals surface area contributed by atoms with Crippen molar-refractivity contribution in [3.05, 3.63) is 29.3 Å². The van der Waals surface area contributed by atoms with Gasteiger partial charge in [0, 0.05) is 6.42 Å². The van der Waals surface area contributed by atoms with Gasteiger partial charge in [0.25, 0.3) is 12.1 Å². The zero-order chi connectivity index (χ0) is 30.4. The van der Waals surface area contributed by atoms with Gasteiger partial charge in [-0.2, -0.15) is 4.98 Å². The summed E-state index contributed by atoms with van der Waals surface area (Å²) in [5.74, 6) is -0.143. The molecule has 2 aliphatic heterocycles.